The topological polar surface area (TPSA) is 42.6 Å². The van der Waals surface area contributed by atoms with Gasteiger partial charge in [0.25, 0.3) is 0 Å². The molecule has 1 aromatic heterocycles. The quantitative estimate of drug-likeness (QED) is 0.514. The SMILES string of the molecule is CCCN=CCC(=O)c1ccco1. The fraction of sp³-hybridized carbons (Fsp3) is 0.400. The summed E-state index contributed by atoms with van der Waals surface area (Å²) in [6, 6.07) is 3.37. The van der Waals surface area contributed by atoms with Crippen LogP contribution in [0.25, 0.3) is 0 Å². The number of carbonyl (C=O) groups excluding carboxylic acids is 1. The molecule has 3 heteroatoms. The van der Waals surface area contributed by atoms with Crippen LogP contribution in [0.4, 0.5) is 0 Å². The monoisotopic (exact) mass is 179 g/mol. The Bertz CT molecular complexity index is 275. The van der Waals surface area contributed by atoms with Crippen LogP contribution in [0.5, 0.6) is 0 Å². The van der Waals surface area contributed by atoms with Crippen molar-refractivity contribution in [2.45, 2.75) is 19.8 Å². The number of hydrogen-bond donors (Lipinski definition) is 0. The summed E-state index contributed by atoms with van der Waals surface area (Å²) in [7, 11) is 0. The first kappa shape index (κ1) is 9.71. The minimum atomic E-state index is -0.0233. The summed E-state index contributed by atoms with van der Waals surface area (Å²) in [5.41, 5.74) is 0. The van der Waals surface area contributed by atoms with Gasteiger partial charge in [-0.2, -0.15) is 0 Å². The maximum Gasteiger partial charge on any atom is 0.203 e. The summed E-state index contributed by atoms with van der Waals surface area (Å²) < 4.78 is 4.94. The van der Waals surface area contributed by atoms with Crippen molar-refractivity contribution in [2.75, 3.05) is 6.54 Å². The van der Waals surface area contributed by atoms with Gasteiger partial charge in [-0.15, -0.1) is 0 Å². The van der Waals surface area contributed by atoms with E-state index in [2.05, 4.69) is 4.99 Å². The first-order valence-electron chi connectivity index (χ1n) is 4.39. The molecular weight excluding hydrogens is 166 g/mol. The average molecular weight is 179 g/mol. The van der Waals surface area contributed by atoms with Crippen molar-refractivity contribution in [1.29, 1.82) is 0 Å². The van der Waals surface area contributed by atoms with Crippen LogP contribution in [0, 0.1) is 0 Å². The van der Waals surface area contributed by atoms with Crippen LogP contribution in [-0.4, -0.2) is 18.5 Å². The van der Waals surface area contributed by atoms with Crippen molar-refractivity contribution in [3.8, 4) is 0 Å². The van der Waals surface area contributed by atoms with E-state index in [0.29, 0.717) is 12.2 Å². The predicted molar refractivity (Wildman–Crippen MR) is 51.3 cm³/mol. The van der Waals surface area contributed by atoms with Gasteiger partial charge in [-0.3, -0.25) is 9.79 Å². The molecule has 0 aliphatic carbocycles. The van der Waals surface area contributed by atoms with Crippen molar-refractivity contribution in [3.63, 3.8) is 0 Å². The molecule has 0 atom stereocenters. The predicted octanol–water partition coefficient (Wildman–Crippen LogP) is 2.33. The molecule has 0 bridgehead atoms. The normalized spacial score (nSPS) is 10.8. The van der Waals surface area contributed by atoms with E-state index in [4.69, 9.17) is 4.42 Å². The number of rotatable bonds is 5. The van der Waals surface area contributed by atoms with Crippen LogP contribution in [0.3, 0.4) is 0 Å². The minimum Gasteiger partial charge on any atom is -0.461 e. The van der Waals surface area contributed by atoms with E-state index in [9.17, 15) is 4.79 Å². The van der Waals surface area contributed by atoms with Gasteiger partial charge in [-0.25, -0.2) is 0 Å². The minimum absolute atomic E-state index is 0.0233. The number of carbonyl (C=O) groups is 1. The number of aliphatic imine (C=N–C) groups is 1. The summed E-state index contributed by atoms with van der Waals surface area (Å²) in [5, 5.41) is 0. The summed E-state index contributed by atoms with van der Waals surface area (Å²) in [6.07, 6.45) is 4.48. The van der Waals surface area contributed by atoms with Gasteiger partial charge in [0.2, 0.25) is 5.78 Å². The maximum absolute atomic E-state index is 11.3. The molecule has 0 saturated heterocycles. The molecule has 1 aromatic rings. The summed E-state index contributed by atoms with van der Waals surface area (Å²) >= 11 is 0. The molecule has 0 aliphatic heterocycles. The standard InChI is InChI=1S/C10H13NO2/c1-2-6-11-7-5-9(12)10-4-3-8-13-10/h3-4,7-8H,2,5-6H2,1H3. The first-order valence-corrected chi connectivity index (χ1v) is 4.39. The number of Topliss-reactive ketones (excluding diaryl/α,β-unsaturated/α-hetero) is 1. The Labute approximate surface area is 77.5 Å². The van der Waals surface area contributed by atoms with Gasteiger partial charge in [-0.1, -0.05) is 6.92 Å². The van der Waals surface area contributed by atoms with Crippen molar-refractivity contribution in [1.82, 2.24) is 0 Å². The number of nitrogens with zero attached hydrogens (tertiary/aromatic N) is 1. The summed E-state index contributed by atoms with van der Waals surface area (Å²) in [5.74, 6) is 0.382. The molecule has 0 unspecified atom stereocenters. The second-order valence-electron chi connectivity index (χ2n) is 2.69. The van der Waals surface area contributed by atoms with E-state index < -0.39 is 0 Å². The molecule has 0 radical (unpaired) electrons. The van der Waals surface area contributed by atoms with Crippen molar-refractivity contribution >= 4 is 12.0 Å². The van der Waals surface area contributed by atoms with E-state index >= 15 is 0 Å². The zero-order valence-corrected chi connectivity index (χ0v) is 7.69. The van der Waals surface area contributed by atoms with Gasteiger partial charge in [0.1, 0.15) is 0 Å². The van der Waals surface area contributed by atoms with Crippen LogP contribution in [-0.2, 0) is 0 Å². The van der Waals surface area contributed by atoms with Gasteiger partial charge in [-0.05, 0) is 18.6 Å². The largest absolute Gasteiger partial charge is 0.461 e. The van der Waals surface area contributed by atoms with Crippen LogP contribution in [0.1, 0.15) is 30.3 Å². The number of furan rings is 1. The van der Waals surface area contributed by atoms with Crippen LogP contribution in [0.2, 0.25) is 0 Å². The van der Waals surface area contributed by atoms with E-state index in [1.165, 1.54) is 6.26 Å². The highest BCUT2D eigenvalue weighted by molar-refractivity contribution is 6.01. The van der Waals surface area contributed by atoms with Gasteiger partial charge in [0.05, 0.1) is 6.26 Å². The molecule has 13 heavy (non-hydrogen) atoms. The molecule has 3 nitrogen and oxygen atoms in total. The third-order valence-corrected chi connectivity index (χ3v) is 1.55. The number of hydrogen-bond acceptors (Lipinski definition) is 3. The Hall–Kier alpha value is -1.38. The third-order valence-electron chi connectivity index (χ3n) is 1.55. The molecule has 0 spiro atoms. The Morgan fingerprint density at radius 3 is 3.15 bits per heavy atom. The molecule has 0 aromatic carbocycles. The fourth-order valence-corrected chi connectivity index (χ4v) is 0.906. The van der Waals surface area contributed by atoms with Gasteiger partial charge in [0.15, 0.2) is 5.76 Å². The number of ketones is 1. The van der Waals surface area contributed by atoms with Crippen molar-refractivity contribution in [2.24, 2.45) is 4.99 Å². The highest BCUT2D eigenvalue weighted by atomic mass is 16.3. The van der Waals surface area contributed by atoms with Crippen molar-refractivity contribution in [3.05, 3.63) is 24.2 Å². The zero-order valence-electron chi connectivity index (χ0n) is 7.69. The fourth-order valence-electron chi connectivity index (χ4n) is 0.906. The Balaban J connectivity index is 2.34. The lowest BCUT2D eigenvalue weighted by molar-refractivity contribution is 0.0975. The second-order valence-corrected chi connectivity index (χ2v) is 2.69. The molecule has 70 valence electrons. The lowest BCUT2D eigenvalue weighted by Crippen LogP contribution is -1.97. The van der Waals surface area contributed by atoms with Gasteiger partial charge < -0.3 is 4.42 Å². The summed E-state index contributed by atoms with van der Waals surface area (Å²) in [4.78, 5) is 15.3. The van der Waals surface area contributed by atoms with Crippen LogP contribution in [0.15, 0.2) is 27.8 Å². The molecule has 0 saturated carbocycles. The lowest BCUT2D eigenvalue weighted by Gasteiger charge is -1.90. The van der Waals surface area contributed by atoms with E-state index in [0.717, 1.165) is 13.0 Å². The maximum atomic E-state index is 11.3. The lowest BCUT2D eigenvalue weighted by atomic mass is 10.2. The van der Waals surface area contributed by atoms with Crippen molar-refractivity contribution < 1.29 is 9.21 Å². The Morgan fingerprint density at radius 1 is 1.69 bits per heavy atom. The zero-order chi connectivity index (χ0) is 9.52. The second kappa shape index (κ2) is 5.30. The van der Waals surface area contributed by atoms with Crippen LogP contribution < -0.4 is 0 Å². The van der Waals surface area contributed by atoms with E-state index in [-0.39, 0.29) is 5.78 Å². The molecule has 1 heterocycles. The van der Waals surface area contributed by atoms with Gasteiger partial charge >= 0.3 is 0 Å². The summed E-state index contributed by atoms with van der Waals surface area (Å²) in [6.45, 7) is 2.83. The van der Waals surface area contributed by atoms with E-state index in [1.54, 1.807) is 18.3 Å². The molecule has 0 N–H and O–H groups in total. The molecule has 0 amide bonds. The Morgan fingerprint density at radius 2 is 2.54 bits per heavy atom. The molecule has 1 rings (SSSR count). The highest BCUT2D eigenvalue weighted by Crippen LogP contribution is 2.02. The highest BCUT2D eigenvalue weighted by Gasteiger charge is 2.05. The first-order chi connectivity index (χ1) is 6.34. The van der Waals surface area contributed by atoms with E-state index in [1.807, 2.05) is 6.92 Å². The average Bonchev–Trinajstić information content (AvgIpc) is 2.65. The molecular formula is C10H13NO2. The molecule has 0 aliphatic rings. The van der Waals surface area contributed by atoms with Crippen LogP contribution >= 0.6 is 0 Å². The molecule has 0 fully saturated rings. The third kappa shape index (κ3) is 3.23. The smallest absolute Gasteiger partial charge is 0.203 e. The Kier molecular flexibility index (Phi) is 3.96. The van der Waals surface area contributed by atoms with Gasteiger partial charge in [0, 0.05) is 19.2 Å².